The van der Waals surface area contributed by atoms with Gasteiger partial charge < -0.3 is 19.8 Å². The molecule has 2 N–H and O–H groups in total. The highest BCUT2D eigenvalue weighted by molar-refractivity contribution is 7.17. The van der Waals surface area contributed by atoms with E-state index in [0.29, 0.717) is 10.6 Å². The molecule has 2 heterocycles. The highest BCUT2D eigenvalue weighted by atomic mass is 32.1. The number of nitrogens with one attached hydrogen (secondary N) is 2. The summed E-state index contributed by atoms with van der Waals surface area (Å²) >= 11 is 1.39. The number of fused-ring (bicyclic) bond motifs is 2. The van der Waals surface area contributed by atoms with Gasteiger partial charge in [0, 0.05) is 15.8 Å². The number of thiophene rings is 1. The topological polar surface area (TPSA) is 97.5 Å². The van der Waals surface area contributed by atoms with Crippen LogP contribution >= 0.6 is 11.3 Å². The molecule has 0 atom stereocenters. The number of anilines is 1. The fourth-order valence-corrected chi connectivity index (χ4v) is 4.82. The van der Waals surface area contributed by atoms with Gasteiger partial charge in [-0.1, -0.05) is 18.2 Å². The van der Waals surface area contributed by atoms with Crippen LogP contribution in [-0.2, 0) is 27.1 Å². The highest BCUT2D eigenvalue weighted by Gasteiger charge is 2.27. The van der Waals surface area contributed by atoms with E-state index in [2.05, 4.69) is 10.3 Å². The van der Waals surface area contributed by atoms with Gasteiger partial charge in [-0.3, -0.25) is 4.79 Å². The molecule has 0 saturated heterocycles. The number of esters is 2. The molecule has 0 saturated carbocycles. The third kappa shape index (κ3) is 3.88. The number of hydrogen-bond acceptors (Lipinski definition) is 6. The number of aromatic amines is 1. The third-order valence-electron chi connectivity index (χ3n) is 4.90. The molecule has 150 valence electrons. The molecule has 8 heteroatoms. The molecular weight excluding hydrogens is 392 g/mol. The van der Waals surface area contributed by atoms with Crippen LogP contribution in [0.4, 0.5) is 5.00 Å². The molecule has 0 radical (unpaired) electrons. The largest absolute Gasteiger partial charge is 0.465 e. The predicted molar refractivity (Wildman–Crippen MR) is 110 cm³/mol. The summed E-state index contributed by atoms with van der Waals surface area (Å²) in [7, 11) is 1.32. The van der Waals surface area contributed by atoms with Crippen LogP contribution in [0.1, 0.15) is 44.1 Å². The van der Waals surface area contributed by atoms with Crippen molar-refractivity contribution in [2.24, 2.45) is 0 Å². The van der Waals surface area contributed by atoms with E-state index in [1.165, 1.54) is 18.4 Å². The molecule has 1 aliphatic carbocycles. The van der Waals surface area contributed by atoms with Gasteiger partial charge in [0.25, 0.3) is 5.91 Å². The number of amides is 1. The lowest BCUT2D eigenvalue weighted by atomic mass is 9.95. The van der Waals surface area contributed by atoms with E-state index in [-0.39, 0.29) is 5.69 Å². The summed E-state index contributed by atoms with van der Waals surface area (Å²) in [6, 6.07) is 9.14. The Morgan fingerprint density at radius 1 is 1.14 bits per heavy atom. The predicted octanol–water partition coefficient (Wildman–Crippen LogP) is 3.69. The number of aryl methyl sites for hydroxylation is 1. The van der Waals surface area contributed by atoms with E-state index in [9.17, 15) is 14.4 Å². The van der Waals surface area contributed by atoms with Crippen LogP contribution in [0.15, 0.2) is 30.3 Å². The van der Waals surface area contributed by atoms with Gasteiger partial charge in [0.15, 0.2) is 6.61 Å². The van der Waals surface area contributed by atoms with Crippen molar-refractivity contribution in [2.45, 2.75) is 25.7 Å². The standard InChI is InChI=1S/C21H20N2O5S/c1-27-21(26)18-13-7-3-5-9-16(13)29-19(18)23-17(24)11-28-20(25)15-10-12-6-2-4-8-14(12)22-15/h2,4,6,8,10,22H,3,5,7,9,11H2,1H3,(H,23,24). The smallest absolute Gasteiger partial charge is 0.355 e. The van der Waals surface area contributed by atoms with E-state index in [1.54, 1.807) is 6.07 Å². The number of rotatable bonds is 5. The number of methoxy groups -OCH3 is 1. The third-order valence-corrected chi connectivity index (χ3v) is 6.11. The molecule has 3 aromatic rings. The second-order valence-corrected chi connectivity index (χ2v) is 7.91. The molecular formula is C21H20N2O5S. The first-order valence-corrected chi connectivity index (χ1v) is 10.2. The van der Waals surface area contributed by atoms with Gasteiger partial charge in [-0.25, -0.2) is 9.59 Å². The Morgan fingerprint density at radius 3 is 2.72 bits per heavy atom. The van der Waals surface area contributed by atoms with Crippen molar-refractivity contribution >= 4 is 45.1 Å². The Balaban J connectivity index is 1.44. The van der Waals surface area contributed by atoms with Gasteiger partial charge in [0.2, 0.25) is 0 Å². The lowest BCUT2D eigenvalue weighted by Crippen LogP contribution is -2.22. The van der Waals surface area contributed by atoms with Gasteiger partial charge in [0.1, 0.15) is 10.7 Å². The first kappa shape index (κ1) is 19.2. The number of hydrogen-bond donors (Lipinski definition) is 2. The second-order valence-electron chi connectivity index (χ2n) is 6.80. The summed E-state index contributed by atoms with van der Waals surface area (Å²) in [5.41, 5.74) is 2.47. The Bertz CT molecular complexity index is 1060. The zero-order valence-electron chi connectivity index (χ0n) is 15.9. The zero-order chi connectivity index (χ0) is 20.4. The van der Waals surface area contributed by atoms with Crippen LogP contribution < -0.4 is 5.32 Å². The first-order valence-electron chi connectivity index (χ1n) is 9.34. The first-order chi connectivity index (χ1) is 14.1. The molecule has 0 bridgehead atoms. The summed E-state index contributed by atoms with van der Waals surface area (Å²) in [4.78, 5) is 40.9. The SMILES string of the molecule is COC(=O)c1c(NC(=O)COC(=O)c2cc3ccccc3[nH]2)sc2c1CCCC2. The van der Waals surface area contributed by atoms with Gasteiger partial charge in [-0.15, -0.1) is 11.3 Å². The van der Waals surface area contributed by atoms with Crippen LogP contribution in [0.5, 0.6) is 0 Å². The number of H-pyrrole nitrogens is 1. The van der Waals surface area contributed by atoms with E-state index in [4.69, 9.17) is 9.47 Å². The summed E-state index contributed by atoms with van der Waals surface area (Å²) < 4.78 is 10.0. The van der Waals surface area contributed by atoms with Crippen LogP contribution in [0.2, 0.25) is 0 Å². The molecule has 0 spiro atoms. The second kappa shape index (κ2) is 8.08. The van der Waals surface area contributed by atoms with Gasteiger partial charge in [-0.05, 0) is 43.4 Å². The van der Waals surface area contributed by atoms with Crippen molar-refractivity contribution in [3.63, 3.8) is 0 Å². The van der Waals surface area contributed by atoms with E-state index >= 15 is 0 Å². The van der Waals surface area contributed by atoms with Crippen LogP contribution in [0.3, 0.4) is 0 Å². The lowest BCUT2D eigenvalue weighted by molar-refractivity contribution is -0.119. The van der Waals surface area contributed by atoms with Crippen molar-refractivity contribution < 1.29 is 23.9 Å². The number of benzene rings is 1. The normalized spacial score (nSPS) is 13.0. The van der Waals surface area contributed by atoms with Crippen molar-refractivity contribution in [1.82, 2.24) is 4.98 Å². The summed E-state index contributed by atoms with van der Waals surface area (Å²) in [5, 5.41) is 4.05. The Kier molecular flexibility index (Phi) is 5.35. The summed E-state index contributed by atoms with van der Waals surface area (Å²) in [6.07, 6.45) is 3.74. The maximum Gasteiger partial charge on any atom is 0.355 e. The van der Waals surface area contributed by atoms with Crippen LogP contribution in [0, 0.1) is 0 Å². The number of para-hydroxylation sites is 1. The minimum Gasteiger partial charge on any atom is -0.465 e. The molecule has 1 amide bonds. The lowest BCUT2D eigenvalue weighted by Gasteiger charge is -2.11. The average molecular weight is 412 g/mol. The zero-order valence-corrected chi connectivity index (χ0v) is 16.7. The molecule has 0 unspecified atom stereocenters. The number of carbonyl (C=O) groups is 3. The van der Waals surface area contributed by atoms with Crippen LogP contribution in [-0.4, -0.2) is 36.5 Å². The van der Waals surface area contributed by atoms with E-state index < -0.39 is 24.5 Å². The maximum absolute atomic E-state index is 12.4. The molecule has 1 aromatic carbocycles. The molecule has 1 aliphatic rings. The van der Waals surface area contributed by atoms with Gasteiger partial charge >= 0.3 is 11.9 Å². The van der Waals surface area contributed by atoms with Gasteiger partial charge in [-0.2, -0.15) is 0 Å². The van der Waals surface area contributed by atoms with E-state index in [0.717, 1.165) is 47.0 Å². The molecule has 0 fully saturated rings. The molecule has 4 rings (SSSR count). The van der Waals surface area contributed by atoms with Crippen molar-refractivity contribution in [1.29, 1.82) is 0 Å². The Hall–Kier alpha value is -3.13. The highest BCUT2D eigenvalue weighted by Crippen LogP contribution is 2.38. The Labute approximate surface area is 171 Å². The Morgan fingerprint density at radius 2 is 1.93 bits per heavy atom. The maximum atomic E-state index is 12.4. The average Bonchev–Trinajstić information content (AvgIpc) is 3.32. The number of aromatic nitrogens is 1. The van der Waals surface area contributed by atoms with Crippen molar-refractivity contribution in [2.75, 3.05) is 19.0 Å². The van der Waals surface area contributed by atoms with Gasteiger partial charge in [0.05, 0.1) is 12.7 Å². The molecule has 7 nitrogen and oxygen atoms in total. The molecule has 29 heavy (non-hydrogen) atoms. The summed E-state index contributed by atoms with van der Waals surface area (Å²) in [6.45, 7) is -0.447. The minimum absolute atomic E-state index is 0.279. The van der Waals surface area contributed by atoms with Crippen molar-refractivity contribution in [3.8, 4) is 0 Å². The minimum atomic E-state index is -0.616. The van der Waals surface area contributed by atoms with Crippen LogP contribution in [0.25, 0.3) is 10.9 Å². The monoisotopic (exact) mass is 412 g/mol. The molecule has 2 aromatic heterocycles. The quantitative estimate of drug-likeness (QED) is 0.623. The fourth-order valence-electron chi connectivity index (χ4n) is 3.53. The summed E-state index contributed by atoms with van der Waals surface area (Å²) in [5.74, 6) is -1.58. The number of carbonyl (C=O) groups excluding carboxylic acids is 3. The fraction of sp³-hybridized carbons (Fsp3) is 0.286. The number of ether oxygens (including phenoxy) is 2. The van der Waals surface area contributed by atoms with E-state index in [1.807, 2.05) is 24.3 Å². The van der Waals surface area contributed by atoms with Crippen molar-refractivity contribution in [3.05, 3.63) is 52.0 Å². The molecule has 0 aliphatic heterocycles.